The van der Waals surface area contributed by atoms with Gasteiger partial charge in [-0.2, -0.15) is 5.01 Å². The van der Waals surface area contributed by atoms with Crippen LogP contribution in [0, 0.1) is 0 Å². The van der Waals surface area contributed by atoms with Gasteiger partial charge < -0.3 is 9.84 Å². The summed E-state index contributed by atoms with van der Waals surface area (Å²) in [5.41, 5.74) is 1.07. The second kappa shape index (κ2) is 5.57. The topological polar surface area (TPSA) is 62.1 Å². The summed E-state index contributed by atoms with van der Waals surface area (Å²) in [6, 6.07) is 14.0. The quantitative estimate of drug-likeness (QED) is 0.909. The summed E-state index contributed by atoms with van der Waals surface area (Å²) < 4.78 is 6.08. The minimum atomic E-state index is -0.277. The largest absolute Gasteiger partial charge is 0.507 e. The molecule has 1 aliphatic rings. The van der Waals surface area contributed by atoms with Crippen LogP contribution in [0.4, 0.5) is 5.69 Å². The molecule has 6 heteroatoms. The Bertz CT molecular complexity index is 730. The number of carbonyl (C=O) groups is 1. The van der Waals surface area contributed by atoms with Gasteiger partial charge in [-0.05, 0) is 40.2 Å². The highest BCUT2D eigenvalue weighted by atomic mass is 79.9. The molecule has 0 radical (unpaired) electrons. The molecule has 0 saturated heterocycles. The number of phenols is 1. The molecule has 1 amide bonds. The Morgan fingerprint density at radius 2 is 1.86 bits per heavy atom. The molecule has 0 atom stereocenters. The summed E-state index contributed by atoms with van der Waals surface area (Å²) in [6.45, 7) is -0.130. The molecule has 0 spiro atoms. The molecule has 3 rings (SSSR count). The lowest BCUT2D eigenvalue weighted by atomic mass is 10.2. The number of benzene rings is 2. The Morgan fingerprint density at radius 1 is 1.14 bits per heavy atom. The number of phenolic OH excluding ortho intramolecular Hbond substituents is 1. The van der Waals surface area contributed by atoms with Gasteiger partial charge in [0.2, 0.25) is 5.90 Å². The Kier molecular flexibility index (Phi) is 3.62. The number of hydrogen-bond acceptors (Lipinski definition) is 4. The highest BCUT2D eigenvalue weighted by Gasteiger charge is 2.26. The van der Waals surface area contributed by atoms with Crippen LogP contribution in [0.5, 0.6) is 5.75 Å². The van der Waals surface area contributed by atoms with E-state index in [0.29, 0.717) is 11.3 Å². The molecule has 0 bridgehead atoms. The van der Waals surface area contributed by atoms with Crippen molar-refractivity contribution in [3.05, 3.63) is 58.6 Å². The van der Waals surface area contributed by atoms with E-state index >= 15 is 0 Å². The van der Waals surface area contributed by atoms with Crippen LogP contribution >= 0.6 is 15.9 Å². The van der Waals surface area contributed by atoms with Crippen LogP contribution in [0.15, 0.2) is 58.1 Å². The molecular weight excluding hydrogens is 336 g/mol. The van der Waals surface area contributed by atoms with Crippen molar-refractivity contribution in [3.63, 3.8) is 0 Å². The number of ether oxygens (including phenoxy) is 1. The van der Waals surface area contributed by atoms with E-state index < -0.39 is 0 Å². The minimum Gasteiger partial charge on any atom is -0.507 e. The molecule has 1 heterocycles. The van der Waals surface area contributed by atoms with Crippen molar-refractivity contribution in [2.24, 2.45) is 5.10 Å². The zero-order valence-corrected chi connectivity index (χ0v) is 12.4. The lowest BCUT2D eigenvalue weighted by molar-refractivity contribution is -0.121. The van der Waals surface area contributed by atoms with E-state index in [0.717, 1.165) is 4.47 Å². The molecule has 0 aliphatic carbocycles. The molecule has 1 N–H and O–H groups in total. The Labute approximate surface area is 129 Å². The van der Waals surface area contributed by atoms with E-state index in [4.69, 9.17) is 4.74 Å². The number of carbonyl (C=O) groups excluding carboxylic acids is 1. The number of halogens is 1. The Morgan fingerprint density at radius 3 is 2.62 bits per heavy atom. The number of aromatic hydroxyl groups is 1. The Hall–Kier alpha value is -2.34. The number of hydrogen-bond donors (Lipinski definition) is 1. The van der Waals surface area contributed by atoms with Gasteiger partial charge in [-0.1, -0.05) is 24.3 Å². The van der Waals surface area contributed by atoms with Gasteiger partial charge in [0.15, 0.2) is 6.61 Å². The maximum atomic E-state index is 12.0. The molecule has 2 aromatic rings. The van der Waals surface area contributed by atoms with Crippen LogP contribution in [0.3, 0.4) is 0 Å². The average molecular weight is 347 g/mol. The van der Waals surface area contributed by atoms with E-state index in [1.54, 1.807) is 30.3 Å². The maximum Gasteiger partial charge on any atom is 0.285 e. The van der Waals surface area contributed by atoms with Gasteiger partial charge in [0.25, 0.3) is 5.91 Å². The highest BCUT2D eigenvalue weighted by Crippen LogP contribution is 2.28. The summed E-state index contributed by atoms with van der Waals surface area (Å²) in [5.74, 6) is -0.0119. The van der Waals surface area contributed by atoms with E-state index in [-0.39, 0.29) is 24.2 Å². The van der Waals surface area contributed by atoms with Gasteiger partial charge in [0.05, 0.1) is 11.3 Å². The molecule has 0 fully saturated rings. The van der Waals surface area contributed by atoms with Gasteiger partial charge in [0, 0.05) is 4.47 Å². The predicted molar refractivity (Wildman–Crippen MR) is 82.2 cm³/mol. The van der Waals surface area contributed by atoms with Gasteiger partial charge in [-0.25, -0.2) is 0 Å². The number of amides is 1. The number of nitrogens with zero attached hydrogens (tertiary/aromatic N) is 2. The molecule has 0 unspecified atom stereocenters. The molecule has 0 aromatic heterocycles. The third kappa shape index (κ3) is 2.62. The third-order valence-corrected chi connectivity index (χ3v) is 3.65. The summed E-state index contributed by atoms with van der Waals surface area (Å²) in [4.78, 5) is 12.0. The van der Waals surface area contributed by atoms with Crippen molar-refractivity contribution >= 4 is 33.4 Å². The average Bonchev–Trinajstić information content (AvgIpc) is 2.49. The molecule has 2 aromatic carbocycles. The van der Waals surface area contributed by atoms with Crippen LogP contribution in [0.2, 0.25) is 0 Å². The van der Waals surface area contributed by atoms with Crippen molar-refractivity contribution in [1.82, 2.24) is 0 Å². The molecule has 0 saturated carbocycles. The van der Waals surface area contributed by atoms with Crippen LogP contribution < -0.4 is 5.01 Å². The SMILES string of the molecule is O=C1COC(c2ccccc2O)=NN1c1ccccc1Br. The van der Waals surface area contributed by atoms with E-state index in [2.05, 4.69) is 21.0 Å². The summed E-state index contributed by atoms with van der Waals surface area (Å²) >= 11 is 3.40. The van der Waals surface area contributed by atoms with Crippen molar-refractivity contribution in [1.29, 1.82) is 0 Å². The second-order valence-electron chi connectivity index (χ2n) is 4.37. The number of anilines is 1. The smallest absolute Gasteiger partial charge is 0.285 e. The van der Waals surface area contributed by atoms with Crippen molar-refractivity contribution < 1.29 is 14.6 Å². The van der Waals surface area contributed by atoms with Gasteiger partial charge in [0.1, 0.15) is 5.75 Å². The summed E-state index contributed by atoms with van der Waals surface area (Å²) in [6.07, 6.45) is 0. The van der Waals surface area contributed by atoms with Gasteiger partial charge in [-0.15, -0.1) is 5.10 Å². The fourth-order valence-corrected chi connectivity index (χ4v) is 2.42. The van der Waals surface area contributed by atoms with Crippen LogP contribution in [0.25, 0.3) is 0 Å². The standard InChI is InChI=1S/C15H11BrN2O3/c16-11-6-2-3-7-12(11)18-14(20)9-21-15(17-18)10-5-1-4-8-13(10)19/h1-8,19H,9H2. The number of rotatable bonds is 2. The van der Waals surface area contributed by atoms with Crippen molar-refractivity contribution in [3.8, 4) is 5.75 Å². The van der Waals surface area contributed by atoms with E-state index in [1.165, 1.54) is 5.01 Å². The summed E-state index contributed by atoms with van der Waals surface area (Å²) in [7, 11) is 0. The van der Waals surface area contributed by atoms with Crippen LogP contribution in [-0.4, -0.2) is 23.5 Å². The van der Waals surface area contributed by atoms with Crippen LogP contribution in [-0.2, 0) is 9.53 Å². The number of hydrazone groups is 1. The monoisotopic (exact) mass is 346 g/mol. The zero-order chi connectivity index (χ0) is 14.8. The van der Waals surface area contributed by atoms with Crippen molar-refractivity contribution in [2.75, 3.05) is 11.6 Å². The summed E-state index contributed by atoms with van der Waals surface area (Å²) in [5, 5.41) is 15.4. The first-order chi connectivity index (χ1) is 10.2. The molecule has 5 nitrogen and oxygen atoms in total. The molecule has 1 aliphatic heterocycles. The zero-order valence-electron chi connectivity index (χ0n) is 10.9. The second-order valence-corrected chi connectivity index (χ2v) is 5.22. The number of para-hydroxylation sites is 2. The fourth-order valence-electron chi connectivity index (χ4n) is 1.96. The predicted octanol–water partition coefficient (Wildman–Crippen LogP) is 2.88. The van der Waals surface area contributed by atoms with Crippen LogP contribution in [0.1, 0.15) is 5.56 Å². The molecular formula is C15H11BrN2O3. The van der Waals surface area contributed by atoms with E-state index in [1.807, 2.05) is 18.2 Å². The first-order valence-corrected chi connectivity index (χ1v) is 7.03. The van der Waals surface area contributed by atoms with Gasteiger partial charge >= 0.3 is 0 Å². The maximum absolute atomic E-state index is 12.0. The lowest BCUT2D eigenvalue weighted by Crippen LogP contribution is -2.37. The van der Waals surface area contributed by atoms with E-state index in [9.17, 15) is 9.90 Å². The molecule has 21 heavy (non-hydrogen) atoms. The van der Waals surface area contributed by atoms with Gasteiger partial charge in [-0.3, -0.25) is 4.79 Å². The van der Waals surface area contributed by atoms with Crippen molar-refractivity contribution in [2.45, 2.75) is 0 Å². The fraction of sp³-hybridized carbons (Fsp3) is 0.0667. The first kappa shape index (κ1) is 13.6. The normalized spacial score (nSPS) is 14.6. The third-order valence-electron chi connectivity index (χ3n) is 2.97. The first-order valence-electron chi connectivity index (χ1n) is 6.24. The minimum absolute atomic E-state index is 0.0534. The Balaban J connectivity index is 2.05. The highest BCUT2D eigenvalue weighted by molar-refractivity contribution is 9.10. The lowest BCUT2D eigenvalue weighted by Gasteiger charge is -2.24. The molecule has 106 valence electrons.